The van der Waals surface area contributed by atoms with Crippen LogP contribution in [0.4, 0.5) is 10.5 Å². The molecule has 1 heterocycles. The average molecular weight is 338 g/mol. The Labute approximate surface area is 147 Å². The van der Waals surface area contributed by atoms with E-state index < -0.39 is 6.03 Å². The van der Waals surface area contributed by atoms with Crippen molar-refractivity contribution in [1.29, 1.82) is 0 Å². The molecule has 0 saturated carbocycles. The van der Waals surface area contributed by atoms with Gasteiger partial charge < -0.3 is 20.9 Å². The van der Waals surface area contributed by atoms with Crippen LogP contribution < -0.4 is 16.0 Å². The fraction of sp³-hybridized carbons (Fsp3) is 0.263. The van der Waals surface area contributed by atoms with Crippen LogP contribution in [0.15, 0.2) is 48.5 Å². The third-order valence-electron chi connectivity index (χ3n) is 4.42. The van der Waals surface area contributed by atoms with Crippen LogP contribution in [0, 0.1) is 0 Å². The number of rotatable bonds is 3. The van der Waals surface area contributed by atoms with Crippen molar-refractivity contribution in [3.8, 4) is 0 Å². The van der Waals surface area contributed by atoms with Crippen LogP contribution >= 0.6 is 0 Å². The maximum atomic E-state index is 12.9. The molecular weight excluding hydrogens is 316 g/mol. The molecule has 0 spiro atoms. The summed E-state index contributed by atoms with van der Waals surface area (Å²) in [6.07, 6.45) is 0. The van der Waals surface area contributed by atoms with Gasteiger partial charge in [-0.3, -0.25) is 4.79 Å². The van der Waals surface area contributed by atoms with Crippen molar-refractivity contribution >= 4 is 17.6 Å². The lowest BCUT2D eigenvalue weighted by molar-refractivity contribution is 0.0751. The van der Waals surface area contributed by atoms with Gasteiger partial charge >= 0.3 is 6.03 Å². The molecule has 0 atom stereocenters. The summed E-state index contributed by atoms with van der Waals surface area (Å²) < 4.78 is 0. The molecule has 6 heteroatoms. The molecule has 1 aliphatic rings. The minimum absolute atomic E-state index is 0.0134. The second-order valence-corrected chi connectivity index (χ2v) is 6.19. The Morgan fingerprint density at radius 3 is 2.52 bits per heavy atom. The van der Waals surface area contributed by atoms with Crippen LogP contribution in [0.5, 0.6) is 0 Å². The first-order chi connectivity index (χ1) is 12.0. The zero-order valence-electron chi connectivity index (χ0n) is 14.2. The predicted octanol–water partition coefficient (Wildman–Crippen LogP) is 1.95. The minimum Gasteiger partial charge on any atom is -0.373 e. The molecule has 2 aromatic rings. The van der Waals surface area contributed by atoms with Gasteiger partial charge in [-0.25, -0.2) is 4.79 Å². The van der Waals surface area contributed by atoms with Gasteiger partial charge in [0.25, 0.3) is 5.91 Å². The van der Waals surface area contributed by atoms with E-state index in [-0.39, 0.29) is 5.91 Å². The summed E-state index contributed by atoms with van der Waals surface area (Å²) in [5, 5.41) is 2.54. The smallest absolute Gasteiger partial charge is 0.312 e. The number of primary amides is 1. The van der Waals surface area contributed by atoms with Gasteiger partial charge in [-0.15, -0.1) is 0 Å². The van der Waals surface area contributed by atoms with Gasteiger partial charge in [-0.1, -0.05) is 30.3 Å². The number of fused-ring (bicyclic) bond motifs is 1. The number of anilines is 1. The monoisotopic (exact) mass is 338 g/mol. The van der Waals surface area contributed by atoms with Crippen molar-refractivity contribution in [2.75, 3.05) is 25.0 Å². The van der Waals surface area contributed by atoms with E-state index in [4.69, 9.17) is 5.73 Å². The standard InChI is InChI=1S/C19H22N4O2/c1-22-10-11-23(13-16-4-2-3-5-17(16)22)18(24)15-8-6-14(7-9-15)12-21-19(20)25/h2-9H,10-13H2,1H3,(H3,20,21,25). The van der Waals surface area contributed by atoms with Gasteiger partial charge in [0.1, 0.15) is 0 Å². The maximum absolute atomic E-state index is 12.9. The zero-order valence-corrected chi connectivity index (χ0v) is 14.2. The molecule has 3 N–H and O–H groups in total. The van der Waals surface area contributed by atoms with Gasteiger partial charge in [-0.2, -0.15) is 0 Å². The molecule has 6 nitrogen and oxygen atoms in total. The summed E-state index contributed by atoms with van der Waals surface area (Å²) in [6.45, 7) is 2.42. The van der Waals surface area contributed by atoms with E-state index in [1.165, 1.54) is 5.69 Å². The summed E-state index contributed by atoms with van der Waals surface area (Å²) in [7, 11) is 2.05. The molecule has 0 fully saturated rings. The highest BCUT2D eigenvalue weighted by molar-refractivity contribution is 5.94. The lowest BCUT2D eigenvalue weighted by Gasteiger charge is -2.21. The molecule has 130 valence electrons. The second-order valence-electron chi connectivity index (χ2n) is 6.19. The Morgan fingerprint density at radius 1 is 1.08 bits per heavy atom. The largest absolute Gasteiger partial charge is 0.373 e. The highest BCUT2D eigenvalue weighted by atomic mass is 16.2. The quantitative estimate of drug-likeness (QED) is 0.898. The number of nitrogens with two attached hydrogens (primary N) is 1. The third kappa shape index (κ3) is 3.91. The molecule has 0 radical (unpaired) electrons. The molecule has 0 aliphatic carbocycles. The maximum Gasteiger partial charge on any atom is 0.312 e. The summed E-state index contributed by atoms with van der Waals surface area (Å²) >= 11 is 0. The fourth-order valence-corrected chi connectivity index (χ4v) is 3.00. The van der Waals surface area contributed by atoms with Crippen LogP contribution in [-0.4, -0.2) is 37.0 Å². The minimum atomic E-state index is -0.562. The topological polar surface area (TPSA) is 78.7 Å². The third-order valence-corrected chi connectivity index (χ3v) is 4.42. The van der Waals surface area contributed by atoms with Crippen molar-refractivity contribution in [3.05, 3.63) is 65.2 Å². The predicted molar refractivity (Wildman–Crippen MR) is 97.3 cm³/mol. The normalized spacial score (nSPS) is 13.8. The van der Waals surface area contributed by atoms with Crippen molar-refractivity contribution in [3.63, 3.8) is 0 Å². The van der Waals surface area contributed by atoms with Crippen LogP contribution in [0.25, 0.3) is 0 Å². The summed E-state index contributed by atoms with van der Waals surface area (Å²) in [5.74, 6) is 0.0134. The Hall–Kier alpha value is -3.02. The lowest BCUT2D eigenvalue weighted by atomic mass is 10.1. The van der Waals surface area contributed by atoms with E-state index in [2.05, 4.69) is 22.3 Å². The number of nitrogens with zero attached hydrogens (tertiary/aromatic N) is 2. The Morgan fingerprint density at radius 2 is 1.80 bits per heavy atom. The fourth-order valence-electron chi connectivity index (χ4n) is 3.00. The molecule has 0 aromatic heterocycles. The van der Waals surface area contributed by atoms with Crippen molar-refractivity contribution in [2.45, 2.75) is 13.1 Å². The number of urea groups is 1. The summed E-state index contributed by atoms with van der Waals surface area (Å²) in [4.78, 5) is 27.7. The Balaban J connectivity index is 1.73. The molecule has 25 heavy (non-hydrogen) atoms. The summed E-state index contributed by atoms with van der Waals surface area (Å²) in [6, 6.07) is 14.9. The van der Waals surface area contributed by atoms with E-state index in [1.807, 2.05) is 36.2 Å². The van der Waals surface area contributed by atoms with Crippen molar-refractivity contribution < 1.29 is 9.59 Å². The number of para-hydroxylation sites is 1. The molecule has 3 rings (SSSR count). The molecule has 1 aliphatic heterocycles. The molecule has 0 bridgehead atoms. The highest BCUT2D eigenvalue weighted by Crippen LogP contribution is 2.24. The van der Waals surface area contributed by atoms with Crippen LogP contribution in [0.3, 0.4) is 0 Å². The molecule has 0 saturated heterocycles. The number of hydrogen-bond donors (Lipinski definition) is 2. The molecular formula is C19H22N4O2. The molecule has 2 aromatic carbocycles. The van der Waals surface area contributed by atoms with Crippen molar-refractivity contribution in [2.24, 2.45) is 5.73 Å². The number of amides is 3. The van der Waals surface area contributed by atoms with Gasteiger partial charge in [0.05, 0.1) is 0 Å². The SMILES string of the molecule is CN1CCN(C(=O)c2ccc(CNC(N)=O)cc2)Cc2ccccc21. The van der Waals surface area contributed by atoms with Crippen LogP contribution in [-0.2, 0) is 13.1 Å². The first kappa shape index (κ1) is 16.8. The molecule has 3 amide bonds. The number of hydrogen-bond acceptors (Lipinski definition) is 3. The first-order valence-corrected chi connectivity index (χ1v) is 8.25. The van der Waals surface area contributed by atoms with Crippen molar-refractivity contribution in [1.82, 2.24) is 10.2 Å². The second kappa shape index (κ2) is 7.25. The van der Waals surface area contributed by atoms with E-state index >= 15 is 0 Å². The Bertz CT molecular complexity index is 773. The van der Waals surface area contributed by atoms with Gasteiger partial charge in [0.15, 0.2) is 0 Å². The number of carbonyl (C=O) groups is 2. The van der Waals surface area contributed by atoms with Gasteiger partial charge in [0, 0.05) is 44.5 Å². The van der Waals surface area contributed by atoms with E-state index in [0.29, 0.717) is 25.2 Å². The number of likely N-dealkylation sites (N-methyl/N-ethyl adjacent to an activating group) is 1. The van der Waals surface area contributed by atoms with E-state index in [9.17, 15) is 9.59 Å². The number of benzene rings is 2. The zero-order chi connectivity index (χ0) is 17.8. The lowest BCUT2D eigenvalue weighted by Crippen LogP contribution is -2.34. The van der Waals surface area contributed by atoms with E-state index in [1.54, 1.807) is 12.1 Å². The Kier molecular flexibility index (Phi) is 4.88. The first-order valence-electron chi connectivity index (χ1n) is 8.25. The number of nitrogens with one attached hydrogen (secondary N) is 1. The van der Waals surface area contributed by atoms with Crippen LogP contribution in [0.2, 0.25) is 0 Å². The van der Waals surface area contributed by atoms with Gasteiger partial charge in [-0.05, 0) is 29.3 Å². The van der Waals surface area contributed by atoms with Crippen LogP contribution in [0.1, 0.15) is 21.5 Å². The van der Waals surface area contributed by atoms with E-state index in [0.717, 1.165) is 17.7 Å². The average Bonchev–Trinajstić information content (AvgIpc) is 2.79. The van der Waals surface area contributed by atoms with Gasteiger partial charge in [0.2, 0.25) is 0 Å². The highest BCUT2D eigenvalue weighted by Gasteiger charge is 2.22. The number of carbonyl (C=O) groups excluding carboxylic acids is 2. The summed E-state index contributed by atoms with van der Waals surface area (Å²) in [5.41, 5.74) is 8.93. The molecule has 0 unspecified atom stereocenters.